The number of cyclic esters (lactones) is 1. The minimum absolute atomic E-state index is 0.0180. The molecule has 2 heteroatoms. The van der Waals surface area contributed by atoms with E-state index in [4.69, 9.17) is 6.11 Å². The van der Waals surface area contributed by atoms with E-state index in [-0.39, 0.29) is 12.2 Å². The maximum absolute atomic E-state index is 11.3. The zero-order chi connectivity index (χ0) is 11.4. The highest BCUT2D eigenvalue weighted by Gasteiger charge is 2.15. The molecule has 0 saturated carbocycles. The molecule has 1 unspecified atom stereocenters. The highest BCUT2D eigenvalue weighted by molar-refractivity contribution is 5.82. The number of allylic oxidation sites excluding steroid dienone is 1. The van der Waals surface area contributed by atoms with Crippen molar-refractivity contribution >= 4 is 5.97 Å². The van der Waals surface area contributed by atoms with Crippen LogP contribution in [0, 0.1) is 0 Å². The van der Waals surface area contributed by atoms with Crippen LogP contribution in [0.5, 0.6) is 0 Å². The molecular formula is C13H14O2. The van der Waals surface area contributed by atoms with Crippen molar-refractivity contribution in [3.8, 4) is 0 Å². The van der Waals surface area contributed by atoms with Gasteiger partial charge in [-0.2, -0.15) is 0 Å². The lowest BCUT2D eigenvalue weighted by Gasteiger charge is -2.14. The average molecular weight is 203 g/mol. The van der Waals surface area contributed by atoms with Crippen molar-refractivity contribution in [2.75, 3.05) is 0 Å². The molecule has 2 nitrogen and oxygen atoms in total. The maximum Gasteiger partial charge on any atom is 0.330 e. The van der Waals surface area contributed by atoms with Crippen molar-refractivity contribution in [1.29, 1.82) is 0 Å². The van der Waals surface area contributed by atoms with Gasteiger partial charge in [-0.1, -0.05) is 36.4 Å². The summed E-state index contributed by atoms with van der Waals surface area (Å²) in [5, 5.41) is 0. The summed E-state index contributed by atoms with van der Waals surface area (Å²) < 4.78 is 12.6. The number of hydrogen-bond donors (Lipinski definition) is 0. The van der Waals surface area contributed by atoms with E-state index in [0.29, 0.717) is 0 Å². The van der Waals surface area contributed by atoms with Crippen LogP contribution in [0.25, 0.3) is 0 Å². The van der Waals surface area contributed by atoms with Crippen LogP contribution in [-0.2, 0) is 16.0 Å². The maximum atomic E-state index is 11.3. The molecule has 0 fully saturated rings. The Labute approximate surface area is 91.0 Å². The molecule has 1 aromatic carbocycles. The van der Waals surface area contributed by atoms with Crippen molar-refractivity contribution in [3.63, 3.8) is 0 Å². The highest BCUT2D eigenvalue weighted by atomic mass is 16.5. The lowest BCUT2D eigenvalue weighted by Crippen LogP contribution is -2.17. The molecule has 2 rings (SSSR count). The number of ether oxygens (including phenoxy) is 1. The Morgan fingerprint density at radius 3 is 3.00 bits per heavy atom. The van der Waals surface area contributed by atoms with E-state index in [9.17, 15) is 4.79 Å². The molecule has 1 aliphatic rings. The number of carbonyl (C=O) groups excluding carboxylic acids is 1. The van der Waals surface area contributed by atoms with Crippen molar-refractivity contribution in [2.24, 2.45) is 0 Å². The molecule has 1 heterocycles. The molecule has 0 saturated heterocycles. The van der Waals surface area contributed by atoms with Gasteiger partial charge in [0.1, 0.15) is 6.10 Å². The van der Waals surface area contributed by atoms with Gasteiger partial charge in [0.2, 0.25) is 0 Å². The zero-order valence-electron chi connectivity index (χ0n) is 9.48. The number of esters is 1. The fourth-order valence-corrected chi connectivity index (χ4v) is 1.69. The molecule has 0 radical (unpaired) electrons. The van der Waals surface area contributed by atoms with Gasteiger partial charge >= 0.3 is 5.97 Å². The van der Waals surface area contributed by atoms with Crippen LogP contribution in [0.4, 0.5) is 0 Å². The summed E-state index contributed by atoms with van der Waals surface area (Å²) >= 11 is 0. The number of hydrogen-bond acceptors (Lipinski definition) is 2. The van der Waals surface area contributed by atoms with E-state index in [1.54, 1.807) is 6.08 Å². The van der Waals surface area contributed by atoms with Crippen molar-refractivity contribution < 1.29 is 10.9 Å². The summed E-state index contributed by atoms with van der Waals surface area (Å²) in [6, 6.07) is 9.94. The average Bonchev–Trinajstić information content (AvgIpc) is 2.43. The predicted molar refractivity (Wildman–Crippen MR) is 58.4 cm³/mol. The Bertz CT molecular complexity index is 398. The Hall–Kier alpha value is -1.57. The third-order valence-corrected chi connectivity index (χ3v) is 2.43. The lowest BCUT2D eigenvalue weighted by molar-refractivity contribution is -0.142. The largest absolute Gasteiger partial charge is 0.459 e. The van der Waals surface area contributed by atoms with Gasteiger partial charge in [0.05, 0.1) is 1.37 Å². The smallest absolute Gasteiger partial charge is 0.330 e. The molecule has 0 N–H and O–H groups in total. The fraction of sp³-hybridized carbons (Fsp3) is 0.308. The summed E-state index contributed by atoms with van der Waals surface area (Å²) in [5.74, 6) is -0.501. The molecule has 1 aromatic rings. The van der Waals surface area contributed by atoms with E-state index < -0.39 is 5.97 Å². The molecule has 0 spiro atoms. The quantitative estimate of drug-likeness (QED) is 0.690. The summed E-state index contributed by atoms with van der Waals surface area (Å²) in [6.45, 7) is 0. The summed E-state index contributed by atoms with van der Waals surface area (Å²) in [5.41, 5.74) is 1.16. The summed E-state index contributed by atoms with van der Waals surface area (Å²) in [4.78, 5) is 11.3. The van der Waals surface area contributed by atoms with Gasteiger partial charge in [-0.15, -0.1) is 0 Å². The minimum atomic E-state index is -0.501. The molecule has 1 aliphatic heterocycles. The van der Waals surface area contributed by atoms with E-state index in [1.807, 2.05) is 30.3 Å². The molecule has 15 heavy (non-hydrogen) atoms. The van der Waals surface area contributed by atoms with Crippen LogP contribution in [0.3, 0.4) is 0 Å². The van der Waals surface area contributed by atoms with Crippen LogP contribution < -0.4 is 0 Å². The molecular weight excluding hydrogens is 188 g/mol. The Balaban J connectivity index is 2.00. The van der Waals surface area contributed by atoms with Gasteiger partial charge < -0.3 is 4.74 Å². The molecule has 0 amide bonds. The number of benzene rings is 1. The molecule has 1 atom stereocenters. The van der Waals surface area contributed by atoms with Crippen LogP contribution >= 0.6 is 0 Å². The van der Waals surface area contributed by atoms with Gasteiger partial charge in [-0.3, -0.25) is 0 Å². The third kappa shape index (κ3) is 2.94. The standard InChI is InChI=1S/C13H14O2/c14-13-9-5-4-8-12(15-13)10-11-6-2-1-3-7-11/h1-3,5-7,9,12H,4,8,10H2/i9D. The first kappa shape index (κ1) is 8.72. The molecule has 78 valence electrons. The second-order valence-electron chi connectivity index (χ2n) is 3.64. The SMILES string of the molecule is [2H]C1=CCCC(Cc2ccccc2)OC1=O. The van der Waals surface area contributed by atoms with Gasteiger partial charge in [0, 0.05) is 12.5 Å². The fourth-order valence-electron chi connectivity index (χ4n) is 1.69. The minimum Gasteiger partial charge on any atom is -0.459 e. The van der Waals surface area contributed by atoms with Gasteiger partial charge in [0.15, 0.2) is 0 Å². The molecule has 0 bridgehead atoms. The van der Waals surface area contributed by atoms with E-state index in [1.165, 1.54) is 0 Å². The van der Waals surface area contributed by atoms with Crippen molar-refractivity contribution in [2.45, 2.75) is 25.4 Å². The first-order chi connectivity index (χ1) is 7.75. The lowest BCUT2D eigenvalue weighted by atomic mass is 10.0. The second kappa shape index (κ2) is 4.78. The van der Waals surface area contributed by atoms with Crippen molar-refractivity contribution in [3.05, 3.63) is 48.0 Å². The first-order valence-corrected chi connectivity index (χ1v) is 5.17. The first-order valence-electron chi connectivity index (χ1n) is 5.67. The Kier molecular flexibility index (Phi) is 2.78. The summed E-state index contributed by atoms with van der Waals surface area (Å²) in [7, 11) is 0. The Morgan fingerprint density at radius 1 is 1.40 bits per heavy atom. The van der Waals surface area contributed by atoms with Crippen LogP contribution in [0.1, 0.15) is 19.8 Å². The third-order valence-electron chi connectivity index (χ3n) is 2.43. The van der Waals surface area contributed by atoms with Crippen LogP contribution in [0.15, 0.2) is 42.5 Å². The van der Waals surface area contributed by atoms with E-state index in [2.05, 4.69) is 0 Å². The monoisotopic (exact) mass is 203 g/mol. The summed E-state index contributed by atoms with van der Waals surface area (Å²) in [6.07, 6.45) is 3.79. The van der Waals surface area contributed by atoms with E-state index in [0.717, 1.165) is 24.8 Å². The zero-order valence-corrected chi connectivity index (χ0v) is 8.48. The van der Waals surface area contributed by atoms with Gasteiger partial charge in [-0.25, -0.2) is 4.79 Å². The van der Waals surface area contributed by atoms with E-state index >= 15 is 0 Å². The number of rotatable bonds is 2. The van der Waals surface area contributed by atoms with Gasteiger partial charge in [0.25, 0.3) is 0 Å². The van der Waals surface area contributed by atoms with Crippen LogP contribution in [0.2, 0.25) is 0 Å². The van der Waals surface area contributed by atoms with Gasteiger partial charge in [-0.05, 0) is 18.4 Å². The Morgan fingerprint density at radius 2 is 2.20 bits per heavy atom. The molecule has 0 aliphatic carbocycles. The molecule has 0 aromatic heterocycles. The van der Waals surface area contributed by atoms with Crippen LogP contribution in [-0.4, -0.2) is 12.1 Å². The number of carbonyl (C=O) groups is 1. The second-order valence-corrected chi connectivity index (χ2v) is 3.64. The predicted octanol–water partition coefficient (Wildman–Crippen LogP) is 2.49. The normalized spacial score (nSPS) is 22.4. The highest BCUT2D eigenvalue weighted by Crippen LogP contribution is 2.14. The van der Waals surface area contributed by atoms with Crippen molar-refractivity contribution in [1.82, 2.24) is 0 Å². The topological polar surface area (TPSA) is 26.3 Å².